The van der Waals surface area contributed by atoms with Crippen LogP contribution in [0.4, 0.5) is 0 Å². The van der Waals surface area contributed by atoms with E-state index in [1.54, 1.807) is 12.1 Å². The molecule has 1 atom stereocenters. The number of hydrogen-bond donors (Lipinski definition) is 2. The summed E-state index contributed by atoms with van der Waals surface area (Å²) in [5, 5.41) is 5.73. The van der Waals surface area contributed by atoms with Crippen LogP contribution in [0, 0.1) is 0 Å². The summed E-state index contributed by atoms with van der Waals surface area (Å²) < 4.78 is 27.6. The van der Waals surface area contributed by atoms with Crippen LogP contribution in [0.1, 0.15) is 60.6 Å². The van der Waals surface area contributed by atoms with Crippen molar-refractivity contribution < 1.29 is 28.5 Å². The van der Waals surface area contributed by atoms with Crippen molar-refractivity contribution in [2.24, 2.45) is 0 Å². The zero-order valence-electron chi connectivity index (χ0n) is 22.2. The topological polar surface area (TPSA) is 112 Å². The number of aromatic nitrogens is 2. The number of rotatable bonds is 9. The lowest BCUT2D eigenvalue weighted by molar-refractivity contribution is -0.140. The highest BCUT2D eigenvalue weighted by molar-refractivity contribution is 5.72. The lowest BCUT2D eigenvalue weighted by Gasteiger charge is -2.32. The van der Waals surface area contributed by atoms with Crippen molar-refractivity contribution in [2.45, 2.75) is 51.0 Å². The molecule has 0 saturated carbocycles. The number of carbonyl (C=O) groups excluding carboxylic acids is 1. The number of aromatic amines is 2. The number of carbonyl (C=O) groups is 1. The second kappa shape index (κ2) is 10.6. The molecule has 1 aliphatic heterocycles. The number of benzene rings is 2. The largest absolute Gasteiger partial charge is 0.496 e. The average Bonchev–Trinajstić information content (AvgIpc) is 3.25. The lowest BCUT2D eigenvalue weighted by Crippen LogP contribution is -2.32. The van der Waals surface area contributed by atoms with Gasteiger partial charge in [0.2, 0.25) is 0 Å². The minimum Gasteiger partial charge on any atom is -0.496 e. The zero-order chi connectivity index (χ0) is 26.7. The fourth-order valence-electron chi connectivity index (χ4n) is 4.88. The van der Waals surface area contributed by atoms with Crippen molar-refractivity contribution >= 4 is 5.97 Å². The summed E-state index contributed by atoms with van der Waals surface area (Å²) in [5.41, 5.74) is 3.38. The van der Waals surface area contributed by atoms with E-state index in [4.69, 9.17) is 23.7 Å². The first-order valence-corrected chi connectivity index (χ1v) is 12.2. The Morgan fingerprint density at radius 1 is 1.00 bits per heavy atom. The van der Waals surface area contributed by atoms with Crippen LogP contribution in [0.25, 0.3) is 0 Å². The second-order valence-electron chi connectivity index (χ2n) is 9.73. The molecule has 1 unspecified atom stereocenters. The van der Waals surface area contributed by atoms with Crippen molar-refractivity contribution in [1.82, 2.24) is 10.2 Å². The van der Waals surface area contributed by atoms with Gasteiger partial charge in [0.15, 0.2) is 11.5 Å². The van der Waals surface area contributed by atoms with Crippen molar-refractivity contribution in [1.29, 1.82) is 0 Å². The van der Waals surface area contributed by atoms with Gasteiger partial charge in [-0.3, -0.25) is 14.7 Å². The molecule has 1 aromatic heterocycles. The van der Waals surface area contributed by atoms with Gasteiger partial charge in [-0.05, 0) is 49.9 Å². The number of fused-ring (bicyclic) bond motifs is 1. The molecule has 0 radical (unpaired) electrons. The van der Waals surface area contributed by atoms with Crippen molar-refractivity contribution in [3.63, 3.8) is 0 Å². The summed E-state index contributed by atoms with van der Waals surface area (Å²) in [4.78, 5) is 25.6. The molecule has 3 aromatic rings. The maximum Gasteiger partial charge on any atom is 0.306 e. The summed E-state index contributed by atoms with van der Waals surface area (Å²) in [6.45, 7) is 4.18. The highest BCUT2D eigenvalue weighted by Gasteiger charge is 2.30. The van der Waals surface area contributed by atoms with E-state index in [1.165, 1.54) is 28.4 Å². The average molecular weight is 511 g/mol. The Morgan fingerprint density at radius 3 is 2.38 bits per heavy atom. The normalized spacial score (nSPS) is 14.8. The number of aryl methyl sites for hydroxylation is 1. The third kappa shape index (κ3) is 5.45. The standard InChI is InChI=1S/C28H34N2O7/c1-28(2)10-9-17-11-16(7-8-21(17)37-28)12-20-26(27(32)30-29-20)19(14-25(31)36-6)18-13-23(34-4)24(35-5)15-22(18)33-3/h7-8,11,13,15,19H,9-10,12,14H2,1-6H3,(H2,29,30,32). The molecule has 4 rings (SSSR count). The SMILES string of the molecule is COC(=O)CC(c1cc(OC)c(OC)cc1OC)c1c(Cc2ccc3c(c2)CCC(C)(C)O3)[nH][nH]c1=O. The summed E-state index contributed by atoms with van der Waals surface area (Å²) in [6.07, 6.45) is 2.23. The Bertz CT molecular complexity index is 1340. The summed E-state index contributed by atoms with van der Waals surface area (Å²) in [6, 6.07) is 9.52. The third-order valence-corrected chi connectivity index (χ3v) is 6.84. The number of ether oxygens (including phenoxy) is 5. The van der Waals surface area contributed by atoms with Crippen LogP contribution in [-0.2, 0) is 22.4 Å². The minimum absolute atomic E-state index is 0.0661. The molecule has 1 aliphatic rings. The number of nitrogens with one attached hydrogen (secondary N) is 2. The van der Waals surface area contributed by atoms with Crippen LogP contribution in [0.2, 0.25) is 0 Å². The molecule has 198 valence electrons. The molecule has 0 spiro atoms. The molecule has 9 nitrogen and oxygen atoms in total. The first-order chi connectivity index (χ1) is 17.7. The van der Waals surface area contributed by atoms with E-state index >= 15 is 0 Å². The second-order valence-corrected chi connectivity index (χ2v) is 9.73. The monoisotopic (exact) mass is 510 g/mol. The summed E-state index contributed by atoms with van der Waals surface area (Å²) in [7, 11) is 5.91. The number of hydrogen-bond acceptors (Lipinski definition) is 7. The molecule has 9 heteroatoms. The molecule has 37 heavy (non-hydrogen) atoms. The van der Waals surface area contributed by atoms with Crippen molar-refractivity contribution in [2.75, 3.05) is 28.4 Å². The first-order valence-electron chi connectivity index (χ1n) is 12.2. The Morgan fingerprint density at radius 2 is 1.70 bits per heavy atom. The maximum atomic E-state index is 13.1. The van der Waals surface area contributed by atoms with E-state index in [9.17, 15) is 9.59 Å². The van der Waals surface area contributed by atoms with Crippen LogP contribution >= 0.6 is 0 Å². The smallest absolute Gasteiger partial charge is 0.306 e. The van der Waals surface area contributed by atoms with Gasteiger partial charge in [-0.1, -0.05) is 12.1 Å². The minimum atomic E-state index is -0.658. The van der Waals surface area contributed by atoms with E-state index in [0.29, 0.717) is 40.5 Å². The third-order valence-electron chi connectivity index (χ3n) is 6.84. The number of methoxy groups -OCH3 is 4. The molecule has 2 N–H and O–H groups in total. The molecule has 0 saturated heterocycles. The molecule has 0 aliphatic carbocycles. The Kier molecular flexibility index (Phi) is 7.52. The number of H-pyrrole nitrogens is 2. The van der Waals surface area contributed by atoms with Gasteiger partial charge < -0.3 is 28.8 Å². The maximum absolute atomic E-state index is 13.1. The predicted octanol–water partition coefficient (Wildman–Crippen LogP) is 4.12. The predicted molar refractivity (Wildman–Crippen MR) is 138 cm³/mol. The molecule has 0 fully saturated rings. The van der Waals surface area contributed by atoms with E-state index < -0.39 is 11.9 Å². The van der Waals surface area contributed by atoms with Crippen LogP contribution < -0.4 is 24.5 Å². The van der Waals surface area contributed by atoms with Crippen LogP contribution in [0.5, 0.6) is 23.0 Å². The van der Waals surface area contributed by atoms with E-state index in [-0.39, 0.29) is 17.6 Å². The molecular formula is C28H34N2O7. The van der Waals surface area contributed by atoms with Gasteiger partial charge >= 0.3 is 5.97 Å². The highest BCUT2D eigenvalue weighted by atomic mass is 16.5. The van der Waals surface area contributed by atoms with Gasteiger partial charge in [-0.25, -0.2) is 0 Å². The van der Waals surface area contributed by atoms with Gasteiger partial charge in [-0.2, -0.15) is 0 Å². The van der Waals surface area contributed by atoms with Crippen molar-refractivity contribution in [3.8, 4) is 23.0 Å². The van der Waals surface area contributed by atoms with E-state index in [1.807, 2.05) is 12.1 Å². The number of esters is 1. The van der Waals surface area contributed by atoms with Gasteiger partial charge in [-0.15, -0.1) is 0 Å². The van der Waals surface area contributed by atoms with Crippen molar-refractivity contribution in [3.05, 3.63) is 68.6 Å². The molecule has 2 aromatic carbocycles. The van der Waals surface area contributed by atoms with Gasteiger partial charge in [0.05, 0.1) is 34.9 Å². The first kappa shape index (κ1) is 26.2. The summed E-state index contributed by atoms with van der Waals surface area (Å²) >= 11 is 0. The van der Waals surface area contributed by atoms with E-state index in [0.717, 1.165) is 29.7 Å². The summed E-state index contributed by atoms with van der Waals surface area (Å²) in [5.74, 6) is 1.17. The van der Waals surface area contributed by atoms with Gasteiger partial charge in [0, 0.05) is 35.2 Å². The Balaban J connectivity index is 1.77. The molecule has 0 amide bonds. The zero-order valence-corrected chi connectivity index (χ0v) is 22.2. The fraction of sp³-hybridized carbons (Fsp3) is 0.429. The van der Waals surface area contributed by atoms with Gasteiger partial charge in [0.1, 0.15) is 17.1 Å². The molecule has 2 heterocycles. The lowest BCUT2D eigenvalue weighted by atomic mass is 9.86. The van der Waals surface area contributed by atoms with Crippen LogP contribution in [0.3, 0.4) is 0 Å². The highest BCUT2D eigenvalue weighted by Crippen LogP contribution is 2.42. The van der Waals surface area contributed by atoms with E-state index in [2.05, 4.69) is 30.1 Å². The fourth-order valence-corrected chi connectivity index (χ4v) is 4.88. The quantitative estimate of drug-likeness (QED) is 0.417. The van der Waals surface area contributed by atoms with Crippen LogP contribution in [0.15, 0.2) is 35.1 Å². The van der Waals surface area contributed by atoms with Crippen LogP contribution in [-0.4, -0.2) is 50.2 Å². The Labute approximate surface area is 216 Å². The van der Waals surface area contributed by atoms with Gasteiger partial charge in [0.25, 0.3) is 5.56 Å². The Hall–Kier alpha value is -3.88. The molecule has 0 bridgehead atoms. The molecular weight excluding hydrogens is 476 g/mol.